The third-order valence-corrected chi connectivity index (χ3v) is 6.34. The highest BCUT2D eigenvalue weighted by Gasteiger charge is 2.10. The van der Waals surface area contributed by atoms with Crippen LogP contribution in [-0.4, -0.2) is 29.2 Å². The van der Waals surface area contributed by atoms with Crippen molar-refractivity contribution in [3.63, 3.8) is 0 Å². The van der Waals surface area contributed by atoms with Crippen LogP contribution in [0.25, 0.3) is 12.2 Å². The van der Waals surface area contributed by atoms with Gasteiger partial charge in [-0.15, -0.1) is 0 Å². The normalized spacial score (nSPS) is 11.9. The summed E-state index contributed by atoms with van der Waals surface area (Å²) >= 11 is 0. The van der Waals surface area contributed by atoms with Crippen molar-refractivity contribution in [1.29, 1.82) is 0 Å². The second kappa shape index (κ2) is 12.0. The van der Waals surface area contributed by atoms with Gasteiger partial charge >= 0.3 is 0 Å². The average Bonchev–Trinajstić information content (AvgIpc) is 3.49. The molecule has 7 nitrogen and oxygen atoms in total. The van der Waals surface area contributed by atoms with Crippen LogP contribution in [0.3, 0.4) is 0 Å². The molecule has 0 saturated carbocycles. The number of nitrogens with zero attached hydrogens (tertiary/aromatic N) is 3. The van der Waals surface area contributed by atoms with Crippen LogP contribution in [0, 0.1) is 11.6 Å². The van der Waals surface area contributed by atoms with Crippen molar-refractivity contribution < 1.29 is 26.4 Å². The number of unbranched alkanes of at least 4 members (excludes halogenated alkanes) is 1. The lowest BCUT2D eigenvalue weighted by Gasteiger charge is -2.08. The predicted molar refractivity (Wildman–Crippen MR) is 136 cm³/mol. The maximum Gasteiger partial charge on any atom is 0.218 e. The van der Waals surface area contributed by atoms with Crippen molar-refractivity contribution in [2.24, 2.45) is 0 Å². The second-order valence-corrected chi connectivity index (χ2v) is 10.8. The number of rotatable bonds is 12. The van der Waals surface area contributed by atoms with Gasteiger partial charge in [-0.1, -0.05) is 12.1 Å². The molecule has 194 valence electrons. The van der Waals surface area contributed by atoms with Gasteiger partial charge in [0.05, 0.1) is 0 Å². The zero-order valence-electron chi connectivity index (χ0n) is 20.3. The summed E-state index contributed by atoms with van der Waals surface area (Å²) in [7, 11) is -3.11. The van der Waals surface area contributed by atoms with E-state index in [-0.39, 0.29) is 23.8 Å². The Labute approximate surface area is 214 Å². The van der Waals surface area contributed by atoms with E-state index in [4.69, 9.17) is 9.15 Å². The molecule has 0 saturated heterocycles. The minimum atomic E-state index is -3.11. The third kappa shape index (κ3) is 8.11. The van der Waals surface area contributed by atoms with Gasteiger partial charge in [0.1, 0.15) is 47.5 Å². The lowest BCUT2D eigenvalue weighted by atomic mass is 10.1. The summed E-state index contributed by atoms with van der Waals surface area (Å²) in [4.78, 5) is 8.43. The molecule has 0 aliphatic rings. The van der Waals surface area contributed by atoms with Gasteiger partial charge in [-0.2, -0.15) is 0 Å². The zero-order valence-corrected chi connectivity index (χ0v) is 21.1. The van der Waals surface area contributed by atoms with E-state index < -0.39 is 21.5 Å². The Morgan fingerprint density at radius 3 is 2.65 bits per heavy atom. The van der Waals surface area contributed by atoms with Crippen LogP contribution in [0.4, 0.5) is 8.78 Å². The van der Waals surface area contributed by atoms with Crippen molar-refractivity contribution in [2.75, 3.05) is 6.26 Å². The number of aromatic nitrogens is 3. The highest BCUT2D eigenvalue weighted by Crippen LogP contribution is 2.17. The van der Waals surface area contributed by atoms with Crippen LogP contribution in [0.5, 0.6) is 5.75 Å². The molecule has 0 radical (unpaired) electrons. The summed E-state index contributed by atoms with van der Waals surface area (Å²) in [6.45, 7) is 0.933. The average molecular weight is 528 g/mol. The Morgan fingerprint density at radius 1 is 1.08 bits per heavy atom. The highest BCUT2D eigenvalue weighted by molar-refractivity contribution is 7.89. The van der Waals surface area contributed by atoms with Crippen LogP contribution in [-0.2, 0) is 35.2 Å². The van der Waals surface area contributed by atoms with Gasteiger partial charge in [0.25, 0.3) is 0 Å². The number of oxazole rings is 1. The van der Waals surface area contributed by atoms with Crippen LogP contribution >= 0.6 is 0 Å². The molecule has 0 N–H and O–H groups in total. The Morgan fingerprint density at radius 2 is 1.89 bits per heavy atom. The molecule has 0 unspecified atom stereocenters. The zero-order chi connectivity index (χ0) is 26.3. The molecule has 2 aromatic carbocycles. The van der Waals surface area contributed by atoms with E-state index in [2.05, 4.69) is 9.97 Å². The van der Waals surface area contributed by atoms with Crippen LogP contribution < -0.4 is 4.74 Å². The first kappa shape index (κ1) is 26.3. The van der Waals surface area contributed by atoms with Gasteiger partial charge < -0.3 is 13.7 Å². The Hall–Kier alpha value is -3.79. The summed E-state index contributed by atoms with van der Waals surface area (Å²) in [6, 6.07) is 11.2. The third-order valence-electron chi connectivity index (χ3n) is 5.56. The fourth-order valence-corrected chi connectivity index (χ4v) is 4.41. The number of benzene rings is 2. The van der Waals surface area contributed by atoms with Crippen LogP contribution in [0.1, 0.15) is 41.4 Å². The monoisotopic (exact) mass is 527 g/mol. The minimum absolute atomic E-state index is 0.0518. The van der Waals surface area contributed by atoms with Gasteiger partial charge in [0.15, 0.2) is 9.84 Å². The van der Waals surface area contributed by atoms with Gasteiger partial charge in [0, 0.05) is 42.9 Å². The molecule has 2 heterocycles. The van der Waals surface area contributed by atoms with E-state index in [1.165, 1.54) is 42.4 Å². The lowest BCUT2D eigenvalue weighted by Crippen LogP contribution is -2.09. The summed E-state index contributed by atoms with van der Waals surface area (Å²) in [5.41, 5.74) is 1.99. The standard InChI is InChI=1S/C27H27F2N3O4S/c1-37(33,34)19-26-30-13-15-32(26)14-3-2-4-20-5-10-24(11-6-20)35-17-23-18-36-27(31-23)12-8-21-7-9-22(28)16-25(21)29/h5-13,15-16,18H,2-4,14,17,19H2,1H3. The maximum absolute atomic E-state index is 13.7. The fourth-order valence-electron chi connectivity index (χ4n) is 3.70. The summed E-state index contributed by atoms with van der Waals surface area (Å²) < 4.78 is 62.8. The number of aryl methyl sites for hydroxylation is 2. The molecule has 2 aromatic heterocycles. The molecule has 0 aliphatic carbocycles. The largest absolute Gasteiger partial charge is 0.487 e. The van der Waals surface area contributed by atoms with Gasteiger partial charge in [0.2, 0.25) is 5.89 Å². The molecular formula is C27H27F2N3O4S. The van der Waals surface area contributed by atoms with Crippen LogP contribution in [0.15, 0.2) is 65.5 Å². The van der Waals surface area contributed by atoms with Crippen LogP contribution in [0.2, 0.25) is 0 Å². The Balaban J connectivity index is 1.20. The number of sulfone groups is 1. The van der Waals surface area contributed by atoms with Gasteiger partial charge in [-0.3, -0.25) is 0 Å². The van der Waals surface area contributed by atoms with Crippen molar-refractivity contribution in [3.8, 4) is 5.75 Å². The summed E-state index contributed by atoms with van der Waals surface area (Å²) in [5.74, 6) is 0.209. The van der Waals surface area contributed by atoms with Gasteiger partial charge in [-0.05, 0) is 55.2 Å². The number of ether oxygens (including phenoxy) is 1. The minimum Gasteiger partial charge on any atom is -0.487 e. The molecule has 0 atom stereocenters. The molecule has 37 heavy (non-hydrogen) atoms. The highest BCUT2D eigenvalue weighted by atomic mass is 32.2. The number of halogens is 2. The molecule has 0 aliphatic heterocycles. The Bertz CT molecular complexity index is 1460. The lowest BCUT2D eigenvalue weighted by molar-refractivity contribution is 0.301. The first-order chi connectivity index (χ1) is 17.7. The van der Waals surface area contributed by atoms with Crippen molar-refractivity contribution in [2.45, 2.75) is 38.2 Å². The van der Waals surface area contributed by atoms with Gasteiger partial charge in [-0.25, -0.2) is 27.2 Å². The van der Waals surface area contributed by atoms with E-state index >= 15 is 0 Å². The van der Waals surface area contributed by atoms with E-state index in [0.29, 0.717) is 17.3 Å². The molecule has 4 aromatic rings. The number of imidazole rings is 1. The summed E-state index contributed by atoms with van der Waals surface area (Å²) in [5, 5.41) is 0. The van der Waals surface area contributed by atoms with Crippen molar-refractivity contribution >= 4 is 22.0 Å². The Kier molecular flexibility index (Phi) is 8.50. The quantitative estimate of drug-likeness (QED) is 0.227. The number of hydrogen-bond donors (Lipinski definition) is 0. The second-order valence-electron chi connectivity index (χ2n) is 8.67. The molecule has 10 heteroatoms. The first-order valence-corrected chi connectivity index (χ1v) is 13.8. The topological polar surface area (TPSA) is 87.2 Å². The SMILES string of the molecule is CS(=O)(=O)Cc1nccn1CCCCc1ccc(OCc2coc(C=Cc3ccc(F)cc3F)n2)cc1. The molecule has 0 bridgehead atoms. The van der Waals surface area contributed by atoms with E-state index in [1.54, 1.807) is 6.20 Å². The van der Waals surface area contributed by atoms with Crippen molar-refractivity contribution in [1.82, 2.24) is 14.5 Å². The van der Waals surface area contributed by atoms with E-state index in [9.17, 15) is 17.2 Å². The molecule has 0 amide bonds. The predicted octanol–water partition coefficient (Wildman–Crippen LogP) is 5.47. The smallest absolute Gasteiger partial charge is 0.218 e. The fraction of sp³-hybridized carbons (Fsp3) is 0.259. The number of hydrogen-bond acceptors (Lipinski definition) is 6. The first-order valence-electron chi connectivity index (χ1n) is 11.7. The molecular weight excluding hydrogens is 500 g/mol. The van der Waals surface area contributed by atoms with E-state index in [1.807, 2.05) is 35.0 Å². The van der Waals surface area contributed by atoms with Crippen molar-refractivity contribution in [3.05, 3.63) is 101 Å². The maximum atomic E-state index is 13.7. The molecule has 0 fully saturated rings. The van der Waals surface area contributed by atoms with E-state index in [0.717, 1.165) is 31.9 Å². The molecule has 4 rings (SSSR count). The molecule has 0 spiro atoms. The summed E-state index contributed by atoms with van der Waals surface area (Å²) in [6.07, 6.45) is 11.8.